The van der Waals surface area contributed by atoms with Gasteiger partial charge in [-0.2, -0.15) is 5.26 Å². The summed E-state index contributed by atoms with van der Waals surface area (Å²) in [6.45, 7) is 0. The molecule has 1 atom stereocenters. The molecule has 24 heavy (non-hydrogen) atoms. The van der Waals surface area contributed by atoms with Gasteiger partial charge in [-0.25, -0.2) is 0 Å². The lowest BCUT2D eigenvalue weighted by Crippen LogP contribution is -2.13. The molecule has 3 rings (SSSR count). The summed E-state index contributed by atoms with van der Waals surface area (Å²) in [5.74, 6) is -1.88. The predicted molar refractivity (Wildman–Crippen MR) is 92.0 cm³/mol. The first-order valence-electron chi connectivity index (χ1n) is 6.98. The van der Waals surface area contributed by atoms with E-state index >= 15 is 0 Å². The van der Waals surface area contributed by atoms with E-state index in [9.17, 15) is 10.1 Å². The third-order valence-corrected chi connectivity index (χ3v) is 4.33. The number of Topliss-reactive ketones (excluding diaryl/α,β-unsaturated/α-hetero) is 1. The van der Waals surface area contributed by atoms with Crippen LogP contribution < -0.4 is 0 Å². The van der Waals surface area contributed by atoms with E-state index in [4.69, 9.17) is 33.3 Å². The van der Waals surface area contributed by atoms with Crippen LogP contribution >= 0.6 is 23.2 Å². The van der Waals surface area contributed by atoms with E-state index < -0.39 is 11.7 Å². The van der Waals surface area contributed by atoms with Crippen LogP contribution in [0, 0.1) is 16.7 Å². The number of allylic oxidation sites excluding steroid dienone is 2. The van der Waals surface area contributed by atoms with Gasteiger partial charge in [-0.3, -0.25) is 10.2 Å². The second-order valence-electron chi connectivity index (χ2n) is 5.08. The zero-order chi connectivity index (χ0) is 17.3. The number of hydrogen-bond acceptors (Lipinski definition) is 4. The number of nitriles is 1. The Balaban J connectivity index is 2.13. The van der Waals surface area contributed by atoms with Crippen LogP contribution in [-0.4, -0.2) is 11.7 Å². The maximum Gasteiger partial charge on any atom is 0.216 e. The van der Waals surface area contributed by atoms with Crippen LogP contribution in [0.1, 0.15) is 17.0 Å². The van der Waals surface area contributed by atoms with Crippen molar-refractivity contribution in [1.29, 1.82) is 10.7 Å². The van der Waals surface area contributed by atoms with Crippen molar-refractivity contribution in [2.24, 2.45) is 0 Å². The Morgan fingerprint density at radius 2 is 1.71 bits per heavy atom. The molecular weight excluding hydrogens is 347 g/mol. The van der Waals surface area contributed by atoms with Crippen LogP contribution in [0.3, 0.4) is 0 Å². The number of rotatable bonds is 2. The molecule has 6 heteroatoms. The molecule has 0 aromatic heterocycles. The van der Waals surface area contributed by atoms with Crippen molar-refractivity contribution in [3.8, 4) is 6.07 Å². The number of halogens is 2. The average molecular weight is 357 g/mol. The fourth-order valence-electron chi connectivity index (χ4n) is 2.53. The molecule has 0 radical (unpaired) electrons. The minimum atomic E-state index is -0.959. The van der Waals surface area contributed by atoms with Crippen LogP contribution in [0.2, 0.25) is 10.0 Å². The van der Waals surface area contributed by atoms with Gasteiger partial charge in [0, 0.05) is 15.6 Å². The van der Waals surface area contributed by atoms with Crippen molar-refractivity contribution in [2.75, 3.05) is 0 Å². The zero-order valence-electron chi connectivity index (χ0n) is 12.2. The molecule has 2 aromatic carbocycles. The van der Waals surface area contributed by atoms with Crippen LogP contribution in [0.25, 0.3) is 5.57 Å². The number of ether oxygens (including phenoxy) is 1. The molecule has 0 saturated carbocycles. The van der Waals surface area contributed by atoms with E-state index in [0.29, 0.717) is 21.2 Å². The molecule has 1 fully saturated rings. The van der Waals surface area contributed by atoms with E-state index in [1.807, 2.05) is 6.07 Å². The third-order valence-electron chi connectivity index (χ3n) is 3.66. The molecule has 1 N–H and O–H groups in total. The molecule has 1 unspecified atom stereocenters. The Bertz CT molecular complexity index is 929. The number of hydrogen-bond donors (Lipinski definition) is 1. The van der Waals surface area contributed by atoms with Crippen molar-refractivity contribution in [3.05, 3.63) is 75.5 Å². The van der Waals surface area contributed by atoms with Crippen molar-refractivity contribution in [1.82, 2.24) is 0 Å². The Labute approximate surface area is 148 Å². The summed E-state index contributed by atoms with van der Waals surface area (Å²) in [4.78, 5) is 12.8. The van der Waals surface area contributed by atoms with Crippen LogP contribution in [-0.2, 0) is 9.53 Å². The van der Waals surface area contributed by atoms with Gasteiger partial charge in [0.25, 0.3) is 0 Å². The Hall–Kier alpha value is -2.61. The van der Waals surface area contributed by atoms with Crippen LogP contribution in [0.15, 0.2) is 54.3 Å². The highest BCUT2D eigenvalue weighted by atomic mass is 35.5. The van der Waals surface area contributed by atoms with Gasteiger partial charge in [0.15, 0.2) is 5.76 Å². The standard InChI is InChI=1S/C18H10Cl2N2O2/c19-13-7-3-1-5-10(13)12(9-21)17-16(23)15(18(22)24-17)11-6-2-4-8-14(11)20/h1-8,15,22H/b17-12+,22-18?. The molecule has 0 spiro atoms. The first-order chi connectivity index (χ1) is 11.5. The summed E-state index contributed by atoms with van der Waals surface area (Å²) in [6.07, 6.45) is 0. The van der Waals surface area contributed by atoms with Crippen LogP contribution in [0.5, 0.6) is 0 Å². The fourth-order valence-corrected chi connectivity index (χ4v) is 3.01. The fraction of sp³-hybridized carbons (Fsp3) is 0.0556. The maximum atomic E-state index is 12.8. The summed E-state index contributed by atoms with van der Waals surface area (Å²) < 4.78 is 5.33. The smallest absolute Gasteiger partial charge is 0.216 e. The van der Waals surface area contributed by atoms with Gasteiger partial charge in [0.1, 0.15) is 17.6 Å². The van der Waals surface area contributed by atoms with E-state index in [0.717, 1.165) is 0 Å². The molecule has 4 nitrogen and oxygen atoms in total. The van der Waals surface area contributed by atoms with Gasteiger partial charge in [-0.1, -0.05) is 59.6 Å². The Kier molecular flexibility index (Phi) is 4.39. The number of carbonyl (C=O) groups is 1. The van der Waals surface area contributed by atoms with Crippen molar-refractivity contribution >= 4 is 40.5 Å². The van der Waals surface area contributed by atoms with Crippen molar-refractivity contribution < 1.29 is 9.53 Å². The lowest BCUT2D eigenvalue weighted by Gasteiger charge is -2.07. The van der Waals surface area contributed by atoms with Gasteiger partial charge in [-0.05, 0) is 17.7 Å². The summed E-state index contributed by atoms with van der Waals surface area (Å²) in [6, 6.07) is 15.4. The Morgan fingerprint density at radius 1 is 1.08 bits per heavy atom. The van der Waals surface area contributed by atoms with E-state index in [1.54, 1.807) is 48.5 Å². The van der Waals surface area contributed by atoms with Gasteiger partial charge in [0.2, 0.25) is 11.7 Å². The van der Waals surface area contributed by atoms with Gasteiger partial charge < -0.3 is 4.74 Å². The van der Waals surface area contributed by atoms with Gasteiger partial charge >= 0.3 is 0 Å². The second kappa shape index (κ2) is 6.48. The number of carbonyl (C=O) groups excluding carboxylic acids is 1. The highest BCUT2D eigenvalue weighted by Gasteiger charge is 2.41. The highest BCUT2D eigenvalue weighted by Crippen LogP contribution is 2.37. The first kappa shape index (κ1) is 16.3. The minimum absolute atomic E-state index is 0.00454. The van der Waals surface area contributed by atoms with Crippen molar-refractivity contribution in [2.45, 2.75) is 5.92 Å². The number of nitrogens with one attached hydrogen (secondary N) is 1. The second-order valence-corrected chi connectivity index (χ2v) is 5.90. The van der Waals surface area contributed by atoms with Gasteiger partial charge in [-0.15, -0.1) is 0 Å². The summed E-state index contributed by atoms with van der Waals surface area (Å²) in [5, 5.41) is 18.2. The highest BCUT2D eigenvalue weighted by molar-refractivity contribution is 6.34. The molecule has 1 aliphatic rings. The first-order valence-corrected chi connectivity index (χ1v) is 7.74. The molecule has 0 bridgehead atoms. The maximum absolute atomic E-state index is 12.8. The quantitative estimate of drug-likeness (QED) is 0.631. The summed E-state index contributed by atoms with van der Waals surface area (Å²) >= 11 is 12.2. The zero-order valence-corrected chi connectivity index (χ0v) is 13.7. The third kappa shape index (κ3) is 2.69. The number of ketones is 1. The lowest BCUT2D eigenvalue weighted by molar-refractivity contribution is -0.115. The van der Waals surface area contributed by atoms with E-state index in [1.165, 1.54) is 0 Å². The number of nitrogens with zero attached hydrogens (tertiary/aromatic N) is 1. The SMILES string of the molecule is N#C/C(=C1\OC(=N)C(c2ccccc2Cl)C1=O)c1ccccc1Cl. The van der Waals surface area contributed by atoms with E-state index in [2.05, 4.69) is 0 Å². The molecule has 0 amide bonds. The normalized spacial score (nSPS) is 19.0. The van der Waals surface area contributed by atoms with E-state index in [-0.39, 0.29) is 17.2 Å². The molecule has 118 valence electrons. The topological polar surface area (TPSA) is 73.9 Å². The molecule has 1 heterocycles. The molecule has 2 aromatic rings. The average Bonchev–Trinajstić information content (AvgIpc) is 2.85. The van der Waals surface area contributed by atoms with Crippen molar-refractivity contribution in [3.63, 3.8) is 0 Å². The summed E-state index contributed by atoms with van der Waals surface area (Å²) in [5.41, 5.74) is 0.864. The number of benzene rings is 2. The molecule has 1 aliphatic heterocycles. The predicted octanol–water partition coefficient (Wildman–Crippen LogP) is 4.59. The molecular formula is C18H10Cl2N2O2. The largest absolute Gasteiger partial charge is 0.437 e. The van der Waals surface area contributed by atoms with Gasteiger partial charge in [0.05, 0.1) is 0 Å². The summed E-state index contributed by atoms with van der Waals surface area (Å²) in [7, 11) is 0. The monoisotopic (exact) mass is 356 g/mol. The minimum Gasteiger partial charge on any atom is -0.437 e. The lowest BCUT2D eigenvalue weighted by atomic mass is 9.93. The van der Waals surface area contributed by atoms with Crippen LogP contribution in [0.4, 0.5) is 0 Å². The molecule has 0 aliphatic carbocycles. The Morgan fingerprint density at radius 3 is 2.33 bits per heavy atom. The molecule has 1 saturated heterocycles.